The van der Waals surface area contributed by atoms with Crippen molar-refractivity contribution in [2.75, 3.05) is 19.7 Å². The molecule has 0 aliphatic heterocycles. The van der Waals surface area contributed by atoms with Gasteiger partial charge in [0.05, 0.1) is 0 Å². The zero-order chi connectivity index (χ0) is 17.2. The van der Waals surface area contributed by atoms with E-state index in [2.05, 4.69) is 26.6 Å². The molecular formula is C18H21BrN2O3. The fraction of sp³-hybridized carbons (Fsp3) is 0.278. The van der Waals surface area contributed by atoms with Crippen LogP contribution in [-0.4, -0.2) is 36.9 Å². The highest BCUT2D eigenvalue weighted by Gasteiger charge is 2.07. The molecule has 2 rings (SSSR count). The standard InChI is InChI=1S/C18H21BrN2O3/c19-15-6-8-17(9-7-15)24-13-16(22)12-21-18(23)20-11-10-14-4-2-1-3-5-14/h1-9,16,22H,10-13H2,(H2,20,21,23). The molecule has 24 heavy (non-hydrogen) atoms. The first-order valence-corrected chi connectivity index (χ1v) is 8.55. The van der Waals surface area contributed by atoms with Gasteiger partial charge in [-0.05, 0) is 36.2 Å². The Kier molecular flexibility index (Phi) is 7.58. The summed E-state index contributed by atoms with van der Waals surface area (Å²) >= 11 is 3.34. The van der Waals surface area contributed by atoms with Crippen LogP contribution in [0.2, 0.25) is 0 Å². The highest BCUT2D eigenvalue weighted by molar-refractivity contribution is 9.10. The van der Waals surface area contributed by atoms with Crippen LogP contribution in [0.25, 0.3) is 0 Å². The highest BCUT2D eigenvalue weighted by Crippen LogP contribution is 2.16. The van der Waals surface area contributed by atoms with E-state index < -0.39 is 6.10 Å². The van der Waals surface area contributed by atoms with E-state index in [1.54, 1.807) is 12.1 Å². The second kappa shape index (κ2) is 9.95. The van der Waals surface area contributed by atoms with E-state index in [9.17, 15) is 9.90 Å². The summed E-state index contributed by atoms with van der Waals surface area (Å²) < 4.78 is 6.41. The highest BCUT2D eigenvalue weighted by atomic mass is 79.9. The van der Waals surface area contributed by atoms with Gasteiger partial charge < -0.3 is 20.5 Å². The van der Waals surface area contributed by atoms with Crippen molar-refractivity contribution < 1.29 is 14.6 Å². The number of nitrogens with one attached hydrogen (secondary N) is 2. The second-order valence-corrected chi connectivity index (χ2v) is 6.21. The van der Waals surface area contributed by atoms with Crippen molar-refractivity contribution in [1.82, 2.24) is 10.6 Å². The van der Waals surface area contributed by atoms with Crippen molar-refractivity contribution in [2.45, 2.75) is 12.5 Å². The summed E-state index contributed by atoms with van der Waals surface area (Å²) in [5.41, 5.74) is 1.17. The van der Waals surface area contributed by atoms with Crippen LogP contribution < -0.4 is 15.4 Å². The molecule has 2 aromatic carbocycles. The number of urea groups is 1. The molecule has 0 aliphatic carbocycles. The third-order valence-electron chi connectivity index (χ3n) is 3.30. The number of ether oxygens (including phenoxy) is 1. The largest absolute Gasteiger partial charge is 0.491 e. The van der Waals surface area contributed by atoms with Crippen LogP contribution in [0.3, 0.4) is 0 Å². The summed E-state index contributed by atoms with van der Waals surface area (Å²) in [7, 11) is 0. The van der Waals surface area contributed by atoms with Crippen LogP contribution >= 0.6 is 15.9 Å². The molecule has 0 heterocycles. The van der Waals surface area contributed by atoms with Crippen molar-refractivity contribution in [2.24, 2.45) is 0 Å². The topological polar surface area (TPSA) is 70.6 Å². The number of carbonyl (C=O) groups excluding carboxylic acids is 1. The number of benzene rings is 2. The molecular weight excluding hydrogens is 372 g/mol. The molecule has 1 atom stereocenters. The number of hydrogen-bond donors (Lipinski definition) is 3. The predicted octanol–water partition coefficient (Wildman–Crippen LogP) is 2.73. The van der Waals surface area contributed by atoms with Gasteiger partial charge in [0.1, 0.15) is 18.5 Å². The fourth-order valence-electron chi connectivity index (χ4n) is 2.02. The van der Waals surface area contributed by atoms with Crippen LogP contribution in [0, 0.1) is 0 Å². The minimum atomic E-state index is -0.770. The molecule has 0 bridgehead atoms. The molecule has 3 N–H and O–H groups in total. The van der Waals surface area contributed by atoms with E-state index >= 15 is 0 Å². The summed E-state index contributed by atoms with van der Waals surface area (Å²) in [4.78, 5) is 11.7. The first-order valence-electron chi connectivity index (χ1n) is 7.75. The Morgan fingerprint density at radius 3 is 2.50 bits per heavy atom. The molecule has 2 aromatic rings. The molecule has 0 saturated heterocycles. The van der Waals surface area contributed by atoms with Gasteiger partial charge in [-0.3, -0.25) is 0 Å². The van der Waals surface area contributed by atoms with E-state index in [1.165, 1.54) is 5.56 Å². The maximum atomic E-state index is 11.7. The minimum Gasteiger partial charge on any atom is -0.491 e. The van der Waals surface area contributed by atoms with Crippen molar-refractivity contribution in [1.29, 1.82) is 0 Å². The predicted molar refractivity (Wildman–Crippen MR) is 97.2 cm³/mol. The third kappa shape index (κ3) is 7.02. The van der Waals surface area contributed by atoms with Crippen LogP contribution in [-0.2, 0) is 6.42 Å². The van der Waals surface area contributed by atoms with Crippen molar-refractivity contribution in [3.63, 3.8) is 0 Å². The van der Waals surface area contributed by atoms with E-state index in [1.807, 2.05) is 42.5 Å². The summed E-state index contributed by atoms with van der Waals surface area (Å²) in [5.74, 6) is 0.671. The van der Waals surface area contributed by atoms with Crippen LogP contribution in [0.15, 0.2) is 59.1 Å². The maximum absolute atomic E-state index is 11.7. The lowest BCUT2D eigenvalue weighted by Crippen LogP contribution is -2.41. The van der Waals surface area contributed by atoms with Gasteiger partial charge in [-0.25, -0.2) is 4.79 Å². The lowest BCUT2D eigenvalue weighted by atomic mass is 10.1. The Hall–Kier alpha value is -2.05. The lowest BCUT2D eigenvalue weighted by molar-refractivity contribution is 0.108. The second-order valence-electron chi connectivity index (χ2n) is 5.29. The summed E-state index contributed by atoms with van der Waals surface area (Å²) in [6, 6.07) is 17.0. The van der Waals surface area contributed by atoms with Crippen molar-refractivity contribution in [3.05, 3.63) is 64.6 Å². The van der Waals surface area contributed by atoms with Crippen LogP contribution in [0.1, 0.15) is 5.56 Å². The number of carbonyl (C=O) groups is 1. The fourth-order valence-corrected chi connectivity index (χ4v) is 2.28. The number of amides is 2. The summed E-state index contributed by atoms with van der Waals surface area (Å²) in [6.07, 6.45) is -0.00254. The molecule has 0 saturated carbocycles. The number of hydrogen-bond acceptors (Lipinski definition) is 3. The SMILES string of the molecule is O=C(NCCc1ccccc1)NCC(O)COc1ccc(Br)cc1. The van der Waals surface area contributed by atoms with E-state index in [0.29, 0.717) is 12.3 Å². The lowest BCUT2D eigenvalue weighted by Gasteiger charge is -2.14. The normalized spacial score (nSPS) is 11.6. The smallest absolute Gasteiger partial charge is 0.314 e. The maximum Gasteiger partial charge on any atom is 0.314 e. The van der Waals surface area contributed by atoms with Gasteiger partial charge in [0.15, 0.2) is 0 Å². The van der Waals surface area contributed by atoms with Crippen molar-refractivity contribution in [3.8, 4) is 5.75 Å². The zero-order valence-electron chi connectivity index (χ0n) is 13.2. The average molecular weight is 393 g/mol. The Bertz CT molecular complexity index is 620. The Morgan fingerprint density at radius 1 is 1.08 bits per heavy atom. The molecule has 0 fully saturated rings. The first-order chi connectivity index (χ1) is 11.6. The minimum absolute atomic E-state index is 0.117. The monoisotopic (exact) mass is 392 g/mol. The molecule has 0 spiro atoms. The molecule has 128 valence electrons. The summed E-state index contributed by atoms with van der Waals surface area (Å²) in [6.45, 7) is 0.793. The van der Waals surface area contributed by atoms with Gasteiger partial charge in [0.25, 0.3) is 0 Å². The van der Waals surface area contributed by atoms with Gasteiger partial charge in [0.2, 0.25) is 0 Å². The molecule has 6 heteroatoms. The van der Waals surface area contributed by atoms with Crippen LogP contribution in [0.5, 0.6) is 5.75 Å². The molecule has 0 aliphatic rings. The number of aliphatic hydroxyl groups excluding tert-OH is 1. The average Bonchev–Trinajstić information content (AvgIpc) is 2.60. The van der Waals surface area contributed by atoms with E-state index in [4.69, 9.17) is 4.74 Å². The number of halogens is 1. The van der Waals surface area contributed by atoms with Gasteiger partial charge in [-0.1, -0.05) is 46.3 Å². The Labute approximate surface area is 150 Å². The van der Waals surface area contributed by atoms with Gasteiger partial charge >= 0.3 is 6.03 Å². The molecule has 1 unspecified atom stereocenters. The number of aliphatic hydroxyl groups is 1. The van der Waals surface area contributed by atoms with Crippen molar-refractivity contribution >= 4 is 22.0 Å². The Balaban J connectivity index is 1.58. The molecule has 5 nitrogen and oxygen atoms in total. The quantitative estimate of drug-likeness (QED) is 0.646. The molecule has 2 amide bonds. The van der Waals surface area contributed by atoms with Gasteiger partial charge in [0, 0.05) is 17.6 Å². The van der Waals surface area contributed by atoms with Crippen LogP contribution in [0.4, 0.5) is 4.79 Å². The molecule has 0 aromatic heterocycles. The molecule has 0 radical (unpaired) electrons. The summed E-state index contributed by atoms with van der Waals surface area (Å²) in [5, 5.41) is 15.2. The zero-order valence-corrected chi connectivity index (χ0v) is 14.8. The Morgan fingerprint density at radius 2 is 1.79 bits per heavy atom. The third-order valence-corrected chi connectivity index (χ3v) is 3.82. The van der Waals surface area contributed by atoms with E-state index in [-0.39, 0.29) is 19.2 Å². The number of rotatable bonds is 8. The first kappa shape index (κ1) is 18.3. The van der Waals surface area contributed by atoms with Gasteiger partial charge in [-0.2, -0.15) is 0 Å². The van der Waals surface area contributed by atoms with E-state index in [0.717, 1.165) is 10.9 Å². The van der Waals surface area contributed by atoms with Gasteiger partial charge in [-0.15, -0.1) is 0 Å².